The standard InChI is InChI=1S/C18H20N2/c1-3-4-5-10-18(15(12-19)13-20)11-9-16-14(2)7-6-8-17(16)18/h3,6-8,15H,1,4-5,9-11H2,2H3. The fourth-order valence-corrected chi connectivity index (χ4v) is 3.52. The van der Waals surface area contributed by atoms with Gasteiger partial charge in [-0.05, 0) is 55.7 Å². The van der Waals surface area contributed by atoms with Crippen molar-refractivity contribution in [2.45, 2.75) is 44.4 Å². The fraction of sp³-hybridized carbons (Fsp3) is 0.444. The Morgan fingerprint density at radius 1 is 1.40 bits per heavy atom. The number of unbranched alkanes of at least 4 members (excludes halogenated alkanes) is 1. The van der Waals surface area contributed by atoms with Gasteiger partial charge in [0.05, 0.1) is 12.1 Å². The molecule has 0 N–H and O–H groups in total. The molecule has 0 radical (unpaired) electrons. The Hall–Kier alpha value is -2.06. The molecular formula is C18H20N2. The van der Waals surface area contributed by atoms with Crippen LogP contribution in [0.15, 0.2) is 30.9 Å². The first-order valence-corrected chi connectivity index (χ1v) is 7.18. The second-order valence-corrected chi connectivity index (χ2v) is 5.63. The van der Waals surface area contributed by atoms with Gasteiger partial charge in [0.1, 0.15) is 5.92 Å². The molecule has 0 aliphatic heterocycles. The van der Waals surface area contributed by atoms with Crippen LogP contribution in [-0.4, -0.2) is 0 Å². The van der Waals surface area contributed by atoms with Crippen molar-refractivity contribution >= 4 is 0 Å². The smallest absolute Gasteiger partial charge is 0.142 e. The summed E-state index contributed by atoms with van der Waals surface area (Å²) in [7, 11) is 0. The Labute approximate surface area is 121 Å². The van der Waals surface area contributed by atoms with Crippen LogP contribution in [0.1, 0.15) is 42.4 Å². The Kier molecular flexibility index (Phi) is 4.26. The van der Waals surface area contributed by atoms with Crippen LogP contribution < -0.4 is 0 Å². The molecule has 0 saturated heterocycles. The molecule has 2 rings (SSSR count). The van der Waals surface area contributed by atoms with Gasteiger partial charge in [-0.1, -0.05) is 24.3 Å². The summed E-state index contributed by atoms with van der Waals surface area (Å²) in [5.41, 5.74) is 3.58. The van der Waals surface area contributed by atoms with Gasteiger partial charge in [0.25, 0.3) is 0 Å². The second kappa shape index (κ2) is 5.93. The third-order valence-electron chi connectivity index (χ3n) is 4.61. The number of benzene rings is 1. The molecule has 1 aromatic rings. The summed E-state index contributed by atoms with van der Waals surface area (Å²) < 4.78 is 0. The van der Waals surface area contributed by atoms with Gasteiger partial charge in [-0.25, -0.2) is 0 Å². The molecule has 1 atom stereocenters. The lowest BCUT2D eigenvalue weighted by molar-refractivity contribution is 0.336. The number of rotatable bonds is 5. The van der Waals surface area contributed by atoms with Crippen molar-refractivity contribution in [1.82, 2.24) is 0 Å². The van der Waals surface area contributed by atoms with Crippen molar-refractivity contribution in [3.63, 3.8) is 0 Å². The Morgan fingerprint density at radius 3 is 2.80 bits per heavy atom. The van der Waals surface area contributed by atoms with E-state index in [1.807, 2.05) is 12.1 Å². The van der Waals surface area contributed by atoms with Crippen LogP contribution in [0.2, 0.25) is 0 Å². The summed E-state index contributed by atoms with van der Waals surface area (Å²) >= 11 is 0. The van der Waals surface area contributed by atoms with Crippen LogP contribution in [0.3, 0.4) is 0 Å². The molecular weight excluding hydrogens is 244 g/mol. The second-order valence-electron chi connectivity index (χ2n) is 5.63. The number of fused-ring (bicyclic) bond motifs is 1. The largest absolute Gasteiger partial charge is 0.197 e. The molecule has 0 amide bonds. The van der Waals surface area contributed by atoms with Crippen LogP contribution in [0.25, 0.3) is 0 Å². The number of nitriles is 2. The average molecular weight is 264 g/mol. The highest BCUT2D eigenvalue weighted by Crippen LogP contribution is 2.48. The van der Waals surface area contributed by atoms with Crippen molar-refractivity contribution < 1.29 is 0 Å². The third kappa shape index (κ3) is 2.23. The molecule has 1 aromatic carbocycles. The molecule has 2 heteroatoms. The summed E-state index contributed by atoms with van der Waals surface area (Å²) in [4.78, 5) is 0. The van der Waals surface area contributed by atoms with Crippen molar-refractivity contribution in [2.24, 2.45) is 5.92 Å². The molecule has 1 unspecified atom stereocenters. The highest BCUT2D eigenvalue weighted by Gasteiger charge is 2.45. The van der Waals surface area contributed by atoms with Crippen LogP contribution >= 0.6 is 0 Å². The van der Waals surface area contributed by atoms with Crippen molar-refractivity contribution in [1.29, 1.82) is 10.5 Å². The molecule has 0 bridgehead atoms. The molecule has 1 aliphatic rings. The van der Waals surface area contributed by atoms with Gasteiger partial charge in [-0.2, -0.15) is 10.5 Å². The zero-order chi connectivity index (χ0) is 14.6. The van der Waals surface area contributed by atoms with Crippen LogP contribution in [0, 0.1) is 35.5 Å². The number of hydrogen-bond acceptors (Lipinski definition) is 2. The molecule has 0 spiro atoms. The first-order valence-electron chi connectivity index (χ1n) is 7.18. The fourth-order valence-electron chi connectivity index (χ4n) is 3.52. The maximum atomic E-state index is 9.41. The SMILES string of the molecule is C=CCCCC1(C(C#N)C#N)CCc2c(C)cccc21. The van der Waals surface area contributed by atoms with E-state index in [9.17, 15) is 10.5 Å². The summed E-state index contributed by atoms with van der Waals surface area (Å²) in [6.07, 6.45) is 6.62. The quantitative estimate of drug-likeness (QED) is 0.591. The van der Waals surface area contributed by atoms with Crippen LogP contribution in [0.5, 0.6) is 0 Å². The Bertz CT molecular complexity index is 574. The number of allylic oxidation sites excluding steroid dienone is 1. The van der Waals surface area contributed by atoms with Crippen LogP contribution in [-0.2, 0) is 11.8 Å². The minimum absolute atomic E-state index is 0.284. The monoisotopic (exact) mass is 264 g/mol. The maximum Gasteiger partial charge on any atom is 0.142 e. The predicted octanol–water partition coefficient (Wildman–Crippen LogP) is 4.20. The summed E-state index contributed by atoms with van der Waals surface area (Å²) in [6.45, 7) is 5.88. The molecule has 102 valence electrons. The number of aryl methyl sites for hydroxylation is 1. The molecule has 20 heavy (non-hydrogen) atoms. The van der Waals surface area contributed by atoms with E-state index in [0.717, 1.165) is 32.1 Å². The lowest BCUT2D eigenvalue weighted by atomic mass is 9.69. The summed E-state index contributed by atoms with van der Waals surface area (Å²) in [5.74, 6) is -0.560. The molecule has 0 fully saturated rings. The lowest BCUT2D eigenvalue weighted by Crippen LogP contribution is -2.31. The molecule has 0 saturated carbocycles. The lowest BCUT2D eigenvalue weighted by Gasteiger charge is -2.31. The van der Waals surface area contributed by atoms with Crippen molar-refractivity contribution in [3.8, 4) is 12.1 Å². The topological polar surface area (TPSA) is 47.6 Å². The van der Waals surface area contributed by atoms with E-state index < -0.39 is 5.92 Å². The summed E-state index contributed by atoms with van der Waals surface area (Å²) in [6, 6.07) is 10.8. The van der Waals surface area contributed by atoms with E-state index in [1.54, 1.807) is 0 Å². The number of hydrogen-bond donors (Lipinski definition) is 0. The zero-order valence-corrected chi connectivity index (χ0v) is 12.0. The van der Waals surface area contributed by atoms with Crippen molar-refractivity contribution in [2.75, 3.05) is 0 Å². The van der Waals surface area contributed by atoms with E-state index in [2.05, 4.69) is 37.8 Å². The highest BCUT2D eigenvalue weighted by molar-refractivity contribution is 5.46. The molecule has 1 aliphatic carbocycles. The Morgan fingerprint density at radius 2 is 2.15 bits per heavy atom. The maximum absolute atomic E-state index is 9.41. The number of nitrogens with zero attached hydrogens (tertiary/aromatic N) is 2. The predicted molar refractivity (Wildman–Crippen MR) is 79.9 cm³/mol. The molecule has 0 aromatic heterocycles. The summed E-state index contributed by atoms with van der Waals surface area (Å²) in [5, 5.41) is 18.8. The first kappa shape index (κ1) is 14.4. The van der Waals surface area contributed by atoms with Gasteiger partial charge in [0.15, 0.2) is 0 Å². The zero-order valence-electron chi connectivity index (χ0n) is 12.0. The molecule has 0 heterocycles. The van der Waals surface area contributed by atoms with Gasteiger partial charge < -0.3 is 0 Å². The minimum atomic E-state index is -0.560. The Balaban J connectivity index is 2.46. The van der Waals surface area contributed by atoms with Crippen molar-refractivity contribution in [3.05, 3.63) is 47.5 Å². The van der Waals surface area contributed by atoms with Gasteiger partial charge in [0.2, 0.25) is 0 Å². The van der Waals surface area contributed by atoms with Gasteiger partial charge in [0, 0.05) is 5.41 Å². The van der Waals surface area contributed by atoms with E-state index in [-0.39, 0.29) is 5.41 Å². The van der Waals surface area contributed by atoms with Gasteiger partial charge in [-0.15, -0.1) is 6.58 Å². The van der Waals surface area contributed by atoms with E-state index in [1.165, 1.54) is 16.7 Å². The van der Waals surface area contributed by atoms with E-state index in [4.69, 9.17) is 0 Å². The third-order valence-corrected chi connectivity index (χ3v) is 4.61. The average Bonchev–Trinajstić information content (AvgIpc) is 2.82. The first-order chi connectivity index (χ1) is 9.69. The van der Waals surface area contributed by atoms with E-state index >= 15 is 0 Å². The van der Waals surface area contributed by atoms with E-state index in [0.29, 0.717) is 0 Å². The van der Waals surface area contributed by atoms with Crippen LogP contribution in [0.4, 0.5) is 0 Å². The highest BCUT2D eigenvalue weighted by atomic mass is 14.5. The molecule has 2 nitrogen and oxygen atoms in total. The minimum Gasteiger partial charge on any atom is -0.197 e. The van der Waals surface area contributed by atoms with Gasteiger partial charge >= 0.3 is 0 Å². The van der Waals surface area contributed by atoms with Gasteiger partial charge in [-0.3, -0.25) is 0 Å². The normalized spacial score (nSPS) is 20.2.